The smallest absolute Gasteiger partial charge is 0.323 e. The summed E-state index contributed by atoms with van der Waals surface area (Å²) in [4.78, 5) is 11.7. The van der Waals surface area contributed by atoms with Crippen molar-refractivity contribution < 1.29 is 19.4 Å². The van der Waals surface area contributed by atoms with E-state index >= 15 is 0 Å². The lowest BCUT2D eigenvalue weighted by molar-refractivity contribution is -0.145. The predicted octanol–water partition coefficient (Wildman–Crippen LogP) is 4.93. The monoisotopic (exact) mass is 435 g/mol. The summed E-state index contributed by atoms with van der Waals surface area (Å²) in [5.41, 5.74) is 10.1. The second kappa shape index (κ2) is 9.08. The van der Waals surface area contributed by atoms with Gasteiger partial charge in [0.05, 0.1) is 13.7 Å². The van der Waals surface area contributed by atoms with Gasteiger partial charge >= 0.3 is 5.97 Å². The van der Waals surface area contributed by atoms with Gasteiger partial charge < -0.3 is 20.3 Å². The minimum absolute atomic E-state index is 0.0981. The third kappa shape index (κ3) is 4.32. The summed E-state index contributed by atoms with van der Waals surface area (Å²) in [5, 5.41) is 9.59. The Hall–Kier alpha value is -2.63. The van der Waals surface area contributed by atoms with Crippen LogP contribution in [0.3, 0.4) is 0 Å². The second-order valence-corrected chi connectivity index (χ2v) is 9.47. The first-order chi connectivity index (χ1) is 15.4. The van der Waals surface area contributed by atoms with Gasteiger partial charge in [-0.3, -0.25) is 4.79 Å². The normalized spacial score (nSPS) is 25.3. The van der Waals surface area contributed by atoms with Gasteiger partial charge in [-0.15, -0.1) is 0 Å². The lowest BCUT2D eigenvalue weighted by Crippen LogP contribution is -2.53. The van der Waals surface area contributed by atoms with E-state index in [0.717, 1.165) is 30.6 Å². The van der Waals surface area contributed by atoms with Crippen molar-refractivity contribution in [1.29, 1.82) is 0 Å². The minimum Gasteiger partial charge on any atom is -0.497 e. The Kier molecular flexibility index (Phi) is 6.40. The molecule has 0 saturated heterocycles. The van der Waals surface area contributed by atoms with Gasteiger partial charge in [0.25, 0.3) is 0 Å². The van der Waals surface area contributed by atoms with Gasteiger partial charge in [0.15, 0.2) is 0 Å². The topological polar surface area (TPSA) is 81.8 Å². The Morgan fingerprint density at radius 1 is 1.09 bits per heavy atom. The second-order valence-electron chi connectivity index (χ2n) is 9.47. The van der Waals surface area contributed by atoms with Crippen LogP contribution in [0.5, 0.6) is 5.75 Å². The highest BCUT2D eigenvalue weighted by atomic mass is 16.5. The van der Waals surface area contributed by atoms with Crippen molar-refractivity contribution >= 4 is 12.0 Å². The van der Waals surface area contributed by atoms with Crippen LogP contribution in [0, 0.1) is 5.92 Å². The van der Waals surface area contributed by atoms with E-state index in [0.29, 0.717) is 32.0 Å². The van der Waals surface area contributed by atoms with Crippen LogP contribution in [-0.2, 0) is 21.6 Å². The summed E-state index contributed by atoms with van der Waals surface area (Å²) in [7, 11) is 1.66. The first-order valence-corrected chi connectivity index (χ1v) is 11.4. The van der Waals surface area contributed by atoms with Crippen molar-refractivity contribution in [2.24, 2.45) is 11.7 Å². The number of allylic oxidation sites excluding steroid dienone is 1. The number of carboxylic acid groups (broad SMARTS) is 1. The maximum absolute atomic E-state index is 11.7. The molecule has 3 N–H and O–H groups in total. The van der Waals surface area contributed by atoms with Crippen LogP contribution in [0.2, 0.25) is 0 Å². The molecule has 1 saturated carbocycles. The van der Waals surface area contributed by atoms with E-state index in [9.17, 15) is 9.90 Å². The van der Waals surface area contributed by atoms with Gasteiger partial charge in [-0.2, -0.15) is 0 Å². The summed E-state index contributed by atoms with van der Waals surface area (Å²) >= 11 is 0. The Morgan fingerprint density at radius 2 is 1.78 bits per heavy atom. The fraction of sp³-hybridized carbons (Fsp3) is 0.444. The van der Waals surface area contributed by atoms with E-state index in [2.05, 4.69) is 37.3 Å². The fourth-order valence-electron chi connectivity index (χ4n) is 5.27. The van der Waals surface area contributed by atoms with Crippen LogP contribution in [0.4, 0.5) is 0 Å². The largest absolute Gasteiger partial charge is 0.497 e. The molecule has 0 bridgehead atoms. The quantitative estimate of drug-likeness (QED) is 0.614. The van der Waals surface area contributed by atoms with E-state index in [1.54, 1.807) is 7.11 Å². The first-order valence-electron chi connectivity index (χ1n) is 11.4. The maximum Gasteiger partial charge on any atom is 0.323 e. The zero-order valence-corrected chi connectivity index (χ0v) is 19.0. The number of carboxylic acids is 1. The number of ether oxygens (including phenoxy) is 2. The molecule has 2 aromatic carbocycles. The van der Waals surface area contributed by atoms with E-state index in [1.807, 2.05) is 24.3 Å². The average Bonchev–Trinajstić information content (AvgIpc) is 3.09. The molecule has 170 valence electrons. The van der Waals surface area contributed by atoms with Crippen molar-refractivity contribution in [2.45, 2.75) is 56.6 Å². The molecule has 1 spiro atoms. The van der Waals surface area contributed by atoms with Crippen LogP contribution in [-0.4, -0.2) is 30.3 Å². The molecule has 0 heterocycles. The number of nitrogens with two attached hydrogens (primary N) is 1. The molecule has 32 heavy (non-hydrogen) atoms. The van der Waals surface area contributed by atoms with Crippen molar-refractivity contribution in [3.8, 4) is 5.75 Å². The number of benzene rings is 2. The van der Waals surface area contributed by atoms with Crippen LogP contribution in [0.15, 0.2) is 54.1 Å². The van der Waals surface area contributed by atoms with Crippen LogP contribution in [0.1, 0.15) is 55.7 Å². The van der Waals surface area contributed by atoms with Gasteiger partial charge in [-0.25, -0.2) is 0 Å². The van der Waals surface area contributed by atoms with Gasteiger partial charge in [-0.05, 0) is 66.8 Å². The highest BCUT2D eigenvalue weighted by Gasteiger charge is 2.49. The molecular formula is C27H33NO4. The number of rotatable bonds is 8. The molecule has 5 heteroatoms. The predicted molar refractivity (Wildman–Crippen MR) is 126 cm³/mol. The first kappa shape index (κ1) is 22.6. The Morgan fingerprint density at radius 3 is 2.44 bits per heavy atom. The van der Waals surface area contributed by atoms with E-state index in [-0.39, 0.29) is 5.41 Å². The molecule has 0 aromatic heterocycles. The van der Waals surface area contributed by atoms with Crippen LogP contribution in [0.25, 0.3) is 6.08 Å². The van der Waals surface area contributed by atoms with E-state index < -0.39 is 11.5 Å². The third-order valence-electron chi connectivity index (χ3n) is 7.24. The lowest BCUT2D eigenvalue weighted by atomic mass is 9.61. The summed E-state index contributed by atoms with van der Waals surface area (Å²) in [5.74, 6) is 0.316. The Labute approximate surface area is 190 Å². The number of carbonyl (C=O) groups is 1. The summed E-state index contributed by atoms with van der Waals surface area (Å²) in [6.07, 6.45) is 5.80. The highest BCUT2D eigenvalue weighted by Crippen LogP contribution is 2.54. The zero-order chi connectivity index (χ0) is 22.8. The fourth-order valence-corrected chi connectivity index (χ4v) is 5.27. The molecule has 2 aliphatic carbocycles. The van der Waals surface area contributed by atoms with E-state index in [4.69, 9.17) is 15.2 Å². The molecule has 0 aliphatic heterocycles. The Balaban J connectivity index is 1.42. The molecule has 5 nitrogen and oxygen atoms in total. The molecule has 0 amide bonds. The molecular weight excluding hydrogens is 402 g/mol. The van der Waals surface area contributed by atoms with Gasteiger partial charge in [-0.1, -0.05) is 55.0 Å². The molecule has 2 aromatic rings. The zero-order valence-electron chi connectivity index (χ0n) is 19.0. The van der Waals surface area contributed by atoms with Crippen LogP contribution >= 0.6 is 0 Å². The summed E-state index contributed by atoms with van der Waals surface area (Å²) < 4.78 is 11.2. The minimum atomic E-state index is -1.11. The molecule has 1 fully saturated rings. The standard InChI is InChI=1S/C27H33NO4/c1-19(17-32-18-20-7-9-23(31-2)10-8-20)15-22-16-21-5-3-4-6-24(21)26(22)11-13-27(28,14-12-26)25(29)30/h3-10,16,19H,11-15,17-18,28H2,1-2H3,(H,29,30)/t19-,26?,27?/m1/s1. The highest BCUT2D eigenvalue weighted by molar-refractivity contribution is 5.79. The van der Waals surface area contributed by atoms with Gasteiger partial charge in [0, 0.05) is 12.0 Å². The SMILES string of the molecule is COc1ccc(COC[C@H](C)CC2=Cc3ccccc3C23CCC(N)(C(=O)O)CC3)cc1. The Bertz CT molecular complexity index is 987. The molecule has 0 unspecified atom stereocenters. The maximum atomic E-state index is 11.7. The van der Waals surface area contributed by atoms with Crippen molar-refractivity contribution in [2.75, 3.05) is 13.7 Å². The van der Waals surface area contributed by atoms with Crippen molar-refractivity contribution in [1.82, 2.24) is 0 Å². The summed E-state index contributed by atoms with van der Waals surface area (Å²) in [6.45, 7) is 3.47. The number of methoxy groups -OCH3 is 1. The van der Waals surface area contributed by atoms with Crippen LogP contribution < -0.4 is 10.5 Å². The molecule has 1 atom stereocenters. The van der Waals surface area contributed by atoms with Gasteiger partial charge in [0.2, 0.25) is 0 Å². The van der Waals surface area contributed by atoms with Crippen molar-refractivity contribution in [3.63, 3.8) is 0 Å². The van der Waals surface area contributed by atoms with Gasteiger partial charge in [0.1, 0.15) is 11.3 Å². The number of aliphatic carboxylic acids is 1. The number of hydrogen-bond donors (Lipinski definition) is 2. The molecule has 2 aliphatic rings. The average molecular weight is 436 g/mol. The number of hydrogen-bond acceptors (Lipinski definition) is 4. The number of fused-ring (bicyclic) bond motifs is 2. The lowest BCUT2D eigenvalue weighted by Gasteiger charge is -2.43. The molecule has 0 radical (unpaired) electrons. The summed E-state index contributed by atoms with van der Waals surface area (Å²) in [6, 6.07) is 16.5. The van der Waals surface area contributed by atoms with Crippen molar-refractivity contribution in [3.05, 3.63) is 70.8 Å². The third-order valence-corrected chi connectivity index (χ3v) is 7.24. The van der Waals surface area contributed by atoms with E-state index in [1.165, 1.54) is 16.7 Å². The molecule has 4 rings (SSSR count).